The van der Waals surface area contributed by atoms with Crippen LogP contribution >= 0.6 is 11.6 Å². The fraction of sp³-hybridized carbons (Fsp3) is 0.208. The molecule has 0 spiro atoms. The van der Waals surface area contributed by atoms with E-state index in [1.165, 1.54) is 11.1 Å². The van der Waals surface area contributed by atoms with Gasteiger partial charge in [0.05, 0.1) is 0 Å². The van der Waals surface area contributed by atoms with E-state index in [2.05, 4.69) is 29.2 Å². The first kappa shape index (κ1) is 17.8. The molecule has 0 aromatic heterocycles. The van der Waals surface area contributed by atoms with Crippen LogP contribution in [0, 0.1) is 5.92 Å². The fourth-order valence-electron chi connectivity index (χ4n) is 3.94. The lowest BCUT2D eigenvalue weighted by molar-refractivity contribution is 0.0963. The lowest BCUT2D eigenvalue weighted by Gasteiger charge is -2.12. The average molecular weight is 376 g/mol. The maximum absolute atomic E-state index is 13.2. The zero-order valence-electron chi connectivity index (χ0n) is 15.5. The molecule has 1 aliphatic carbocycles. The summed E-state index contributed by atoms with van der Waals surface area (Å²) < 4.78 is 0. The summed E-state index contributed by atoms with van der Waals surface area (Å²) in [5.41, 5.74) is 4.34. The summed E-state index contributed by atoms with van der Waals surface area (Å²) in [4.78, 5) is 15.3. The molecule has 3 aromatic rings. The molecule has 3 aromatic carbocycles. The van der Waals surface area contributed by atoms with Crippen LogP contribution in [0.15, 0.2) is 78.9 Å². The third-order valence-electron chi connectivity index (χ3n) is 5.43. The first-order valence-corrected chi connectivity index (χ1v) is 9.56. The summed E-state index contributed by atoms with van der Waals surface area (Å²) in [6.45, 7) is 0. The third-order valence-corrected chi connectivity index (χ3v) is 5.68. The van der Waals surface area contributed by atoms with Crippen molar-refractivity contribution in [3.05, 3.63) is 101 Å². The van der Waals surface area contributed by atoms with Crippen molar-refractivity contribution in [2.24, 2.45) is 5.92 Å². The minimum absolute atomic E-state index is 0.0289. The number of ketones is 1. The number of hydrogen-bond donors (Lipinski definition) is 0. The molecule has 1 aliphatic rings. The van der Waals surface area contributed by atoms with Crippen LogP contribution < -0.4 is 4.90 Å². The molecule has 3 atom stereocenters. The van der Waals surface area contributed by atoms with Crippen molar-refractivity contribution in [1.82, 2.24) is 0 Å². The van der Waals surface area contributed by atoms with Gasteiger partial charge >= 0.3 is 0 Å². The predicted molar refractivity (Wildman–Crippen MR) is 112 cm³/mol. The number of Topliss-reactive ketones (excluding diaryl/α,β-unsaturated/α-hetero) is 1. The van der Waals surface area contributed by atoms with Crippen LogP contribution in [0.1, 0.15) is 33.3 Å². The van der Waals surface area contributed by atoms with E-state index in [1.807, 2.05) is 68.7 Å². The van der Waals surface area contributed by atoms with Gasteiger partial charge < -0.3 is 4.90 Å². The number of benzene rings is 3. The van der Waals surface area contributed by atoms with E-state index in [0.29, 0.717) is 0 Å². The van der Waals surface area contributed by atoms with Crippen LogP contribution in [0.25, 0.3) is 0 Å². The van der Waals surface area contributed by atoms with E-state index in [9.17, 15) is 4.79 Å². The molecule has 0 heterocycles. The second kappa shape index (κ2) is 7.21. The van der Waals surface area contributed by atoms with Crippen LogP contribution in [-0.2, 0) is 0 Å². The van der Waals surface area contributed by atoms with Gasteiger partial charge in [-0.1, -0.05) is 66.2 Å². The minimum atomic E-state index is -0.0289. The van der Waals surface area contributed by atoms with Gasteiger partial charge in [-0.3, -0.25) is 4.79 Å². The Bertz CT molecular complexity index is 932. The van der Waals surface area contributed by atoms with Crippen LogP contribution in [0.2, 0.25) is 5.02 Å². The maximum atomic E-state index is 13.2. The highest BCUT2D eigenvalue weighted by Gasteiger charge is 2.55. The summed E-state index contributed by atoms with van der Waals surface area (Å²) in [6, 6.07) is 26.1. The zero-order valence-corrected chi connectivity index (χ0v) is 16.2. The van der Waals surface area contributed by atoms with E-state index in [-0.39, 0.29) is 23.5 Å². The first-order valence-electron chi connectivity index (χ1n) is 9.18. The topological polar surface area (TPSA) is 20.3 Å². The SMILES string of the molecule is CN(C)c1ccc([C@@H]2[C@@H](C(=O)c3ccccc3)[C@H]2c2ccc(Cl)cc2)cc1. The summed E-state index contributed by atoms with van der Waals surface area (Å²) in [6.07, 6.45) is 0. The van der Waals surface area contributed by atoms with E-state index < -0.39 is 0 Å². The van der Waals surface area contributed by atoms with Crippen molar-refractivity contribution >= 4 is 23.1 Å². The standard InChI is InChI=1S/C24H22ClNO/c1-26(2)20-14-10-17(11-15-20)22-21(16-8-12-19(25)13-9-16)23(22)24(27)18-6-4-3-5-7-18/h3-15,21-23H,1-2H3/t21-,22-,23-/m0/s1. The average Bonchev–Trinajstić information content (AvgIpc) is 3.44. The monoisotopic (exact) mass is 375 g/mol. The van der Waals surface area contributed by atoms with Crippen LogP contribution in [0.3, 0.4) is 0 Å². The van der Waals surface area contributed by atoms with E-state index in [4.69, 9.17) is 11.6 Å². The third kappa shape index (κ3) is 3.50. The Labute approximate surface area is 165 Å². The van der Waals surface area contributed by atoms with Gasteiger partial charge in [0.25, 0.3) is 0 Å². The smallest absolute Gasteiger partial charge is 0.167 e. The van der Waals surface area contributed by atoms with Crippen LogP contribution in [-0.4, -0.2) is 19.9 Å². The predicted octanol–water partition coefficient (Wildman–Crippen LogP) is 5.79. The highest BCUT2D eigenvalue weighted by Crippen LogP contribution is 2.61. The number of hydrogen-bond acceptors (Lipinski definition) is 2. The van der Waals surface area contributed by atoms with Crippen molar-refractivity contribution in [2.45, 2.75) is 11.8 Å². The van der Waals surface area contributed by atoms with Crippen molar-refractivity contribution < 1.29 is 4.79 Å². The molecule has 1 fully saturated rings. The Morgan fingerprint density at radius 3 is 1.81 bits per heavy atom. The Hall–Kier alpha value is -2.58. The summed E-state index contributed by atoms with van der Waals surface area (Å²) in [7, 11) is 4.06. The molecule has 3 heteroatoms. The number of anilines is 1. The van der Waals surface area contributed by atoms with Gasteiger partial charge in [0.1, 0.15) is 0 Å². The number of carbonyl (C=O) groups excluding carboxylic acids is 1. The van der Waals surface area contributed by atoms with Crippen molar-refractivity contribution in [3.8, 4) is 0 Å². The molecule has 0 saturated heterocycles. The zero-order chi connectivity index (χ0) is 19.0. The van der Waals surface area contributed by atoms with E-state index in [0.717, 1.165) is 16.3 Å². The van der Waals surface area contributed by atoms with E-state index >= 15 is 0 Å². The quantitative estimate of drug-likeness (QED) is 0.526. The van der Waals surface area contributed by atoms with Gasteiger partial charge in [0, 0.05) is 48.1 Å². The molecule has 4 rings (SSSR count). The number of rotatable bonds is 5. The lowest BCUT2D eigenvalue weighted by Crippen LogP contribution is -2.08. The highest BCUT2D eigenvalue weighted by atomic mass is 35.5. The van der Waals surface area contributed by atoms with Crippen molar-refractivity contribution in [3.63, 3.8) is 0 Å². The van der Waals surface area contributed by atoms with Gasteiger partial charge in [-0.15, -0.1) is 0 Å². The number of nitrogens with zero attached hydrogens (tertiary/aromatic N) is 1. The summed E-state index contributed by atoms with van der Waals surface area (Å²) in [5, 5.41) is 0.720. The number of carbonyl (C=O) groups is 1. The van der Waals surface area contributed by atoms with Gasteiger partial charge in [0.15, 0.2) is 5.78 Å². The molecular formula is C24H22ClNO. The Morgan fingerprint density at radius 2 is 1.30 bits per heavy atom. The van der Waals surface area contributed by atoms with Gasteiger partial charge in [0.2, 0.25) is 0 Å². The molecule has 0 aliphatic heterocycles. The van der Waals surface area contributed by atoms with Crippen molar-refractivity contribution in [2.75, 3.05) is 19.0 Å². The van der Waals surface area contributed by atoms with Gasteiger partial charge in [-0.05, 0) is 35.4 Å². The van der Waals surface area contributed by atoms with Crippen LogP contribution in [0.4, 0.5) is 5.69 Å². The molecule has 136 valence electrons. The normalized spacial score (nSPS) is 20.9. The Morgan fingerprint density at radius 1 is 0.778 bits per heavy atom. The van der Waals surface area contributed by atoms with Gasteiger partial charge in [-0.2, -0.15) is 0 Å². The summed E-state index contributed by atoms with van der Waals surface area (Å²) in [5.74, 6) is 0.589. The Kier molecular flexibility index (Phi) is 4.75. The lowest BCUT2D eigenvalue weighted by atomic mass is 10.0. The largest absolute Gasteiger partial charge is 0.378 e. The summed E-state index contributed by atoms with van der Waals surface area (Å²) >= 11 is 6.06. The Balaban J connectivity index is 1.68. The second-order valence-corrected chi connectivity index (χ2v) is 7.78. The molecule has 27 heavy (non-hydrogen) atoms. The van der Waals surface area contributed by atoms with Crippen LogP contribution in [0.5, 0.6) is 0 Å². The maximum Gasteiger partial charge on any atom is 0.167 e. The second-order valence-electron chi connectivity index (χ2n) is 7.35. The number of halogens is 1. The molecule has 1 saturated carbocycles. The molecule has 0 unspecified atom stereocenters. The van der Waals surface area contributed by atoms with Gasteiger partial charge in [-0.25, -0.2) is 0 Å². The first-order chi connectivity index (χ1) is 13.1. The molecule has 0 amide bonds. The molecular weight excluding hydrogens is 354 g/mol. The fourth-order valence-corrected chi connectivity index (χ4v) is 4.07. The van der Waals surface area contributed by atoms with E-state index in [1.54, 1.807) is 0 Å². The van der Waals surface area contributed by atoms with Crippen molar-refractivity contribution in [1.29, 1.82) is 0 Å². The minimum Gasteiger partial charge on any atom is -0.378 e. The molecule has 0 bridgehead atoms. The molecule has 2 nitrogen and oxygen atoms in total. The molecule has 0 radical (unpaired) electrons. The highest BCUT2D eigenvalue weighted by molar-refractivity contribution is 6.30. The molecule has 0 N–H and O–H groups in total.